The third kappa shape index (κ3) is 3.71. The van der Waals surface area contributed by atoms with E-state index >= 15 is 0 Å². The Kier molecular flexibility index (Phi) is 4.13. The minimum absolute atomic E-state index is 0.0855. The van der Waals surface area contributed by atoms with E-state index < -0.39 is 15.9 Å². The number of nitrogens with one attached hydrogen (secondary N) is 1. The van der Waals surface area contributed by atoms with Crippen molar-refractivity contribution < 1.29 is 13.2 Å². The van der Waals surface area contributed by atoms with Crippen molar-refractivity contribution in [2.75, 3.05) is 0 Å². The van der Waals surface area contributed by atoms with Crippen LogP contribution in [0.15, 0.2) is 36.3 Å². The Labute approximate surface area is 77.7 Å². The molecule has 0 aromatic rings. The number of rotatable bonds is 4. The summed E-state index contributed by atoms with van der Waals surface area (Å²) < 4.78 is 24.3. The fraction of sp³-hybridized carbons (Fsp3) is 0.125. The number of hydrogen-bond donors (Lipinski definition) is 1. The monoisotopic (exact) mass is 201 g/mol. The molecule has 13 heavy (non-hydrogen) atoms. The van der Waals surface area contributed by atoms with Crippen molar-refractivity contribution in [2.45, 2.75) is 6.92 Å². The molecule has 0 aliphatic carbocycles. The molecular formula is C8H11NO3S. The number of carbonyl (C=O) groups excluding carboxylic acids is 1. The normalized spacial score (nSPS) is 11.9. The Morgan fingerprint density at radius 1 is 1.38 bits per heavy atom. The molecule has 5 heteroatoms. The van der Waals surface area contributed by atoms with Gasteiger partial charge in [-0.2, -0.15) is 0 Å². The number of hydrogen-bond acceptors (Lipinski definition) is 3. The highest BCUT2D eigenvalue weighted by Gasteiger charge is 2.14. The van der Waals surface area contributed by atoms with Crippen molar-refractivity contribution in [3.05, 3.63) is 36.3 Å². The van der Waals surface area contributed by atoms with Gasteiger partial charge in [0.25, 0.3) is 10.0 Å². The molecule has 1 N–H and O–H groups in total. The first kappa shape index (κ1) is 11.6. The molecule has 0 spiro atoms. The highest BCUT2D eigenvalue weighted by Crippen LogP contribution is 2.05. The van der Waals surface area contributed by atoms with Crippen molar-refractivity contribution >= 4 is 15.9 Å². The summed E-state index contributed by atoms with van der Waals surface area (Å²) in [5.41, 5.74) is 0. The maximum absolute atomic E-state index is 11.2. The summed E-state index contributed by atoms with van der Waals surface area (Å²) in [6, 6.07) is 0. The van der Waals surface area contributed by atoms with Gasteiger partial charge >= 0.3 is 0 Å². The van der Waals surface area contributed by atoms with Gasteiger partial charge in [-0.25, -0.2) is 13.1 Å². The van der Waals surface area contributed by atoms with E-state index in [9.17, 15) is 13.2 Å². The van der Waals surface area contributed by atoms with Crippen LogP contribution in [0.1, 0.15) is 6.92 Å². The smallest absolute Gasteiger partial charge is 0.264 e. The fourth-order valence-corrected chi connectivity index (χ4v) is 1.62. The molecule has 0 aromatic heterocycles. The number of allylic oxidation sites excluding steroid dienone is 3. The molecule has 0 saturated carbocycles. The number of carbonyl (C=O) groups is 1. The van der Waals surface area contributed by atoms with Crippen molar-refractivity contribution in [3.8, 4) is 0 Å². The van der Waals surface area contributed by atoms with Gasteiger partial charge in [0.1, 0.15) is 0 Å². The molecule has 0 aliphatic rings. The highest BCUT2D eigenvalue weighted by molar-refractivity contribution is 7.94. The molecule has 0 fully saturated rings. The molecule has 0 unspecified atom stereocenters. The highest BCUT2D eigenvalue weighted by atomic mass is 32.2. The lowest BCUT2D eigenvalue weighted by molar-refractivity contribution is -0.117. The van der Waals surface area contributed by atoms with Crippen LogP contribution in [0.2, 0.25) is 0 Å². The van der Waals surface area contributed by atoms with Gasteiger partial charge in [-0.3, -0.25) is 4.79 Å². The first-order chi connectivity index (χ1) is 5.94. The second kappa shape index (κ2) is 4.61. The summed E-state index contributed by atoms with van der Waals surface area (Å²) >= 11 is 0. The second-order valence-electron chi connectivity index (χ2n) is 2.17. The van der Waals surface area contributed by atoms with Gasteiger partial charge in [-0.05, 0) is 12.2 Å². The summed E-state index contributed by atoms with van der Waals surface area (Å²) in [6.07, 6.45) is 3.68. The molecule has 4 nitrogen and oxygen atoms in total. The molecule has 0 heterocycles. The summed E-state index contributed by atoms with van der Waals surface area (Å²) in [7, 11) is -3.76. The Bertz CT molecular complexity index is 352. The van der Waals surface area contributed by atoms with E-state index in [2.05, 4.69) is 13.2 Å². The van der Waals surface area contributed by atoms with Crippen LogP contribution in [-0.2, 0) is 14.8 Å². The predicted molar refractivity (Wildman–Crippen MR) is 51.2 cm³/mol. The van der Waals surface area contributed by atoms with Gasteiger partial charge in [0.15, 0.2) is 0 Å². The lowest BCUT2D eigenvalue weighted by Crippen LogP contribution is -2.28. The molecule has 1 amide bonds. The third-order valence-corrected chi connectivity index (χ3v) is 2.55. The molecule has 0 saturated heterocycles. The van der Waals surface area contributed by atoms with Crippen LogP contribution >= 0.6 is 0 Å². The number of sulfonamides is 1. The van der Waals surface area contributed by atoms with Crippen molar-refractivity contribution in [2.24, 2.45) is 0 Å². The largest absolute Gasteiger partial charge is 0.274 e. The van der Waals surface area contributed by atoms with E-state index in [-0.39, 0.29) is 4.91 Å². The van der Waals surface area contributed by atoms with E-state index in [1.807, 2.05) is 0 Å². The molecule has 72 valence electrons. The summed E-state index contributed by atoms with van der Waals surface area (Å²) in [5, 5.41) is 0. The first-order valence-corrected chi connectivity index (χ1v) is 4.91. The summed E-state index contributed by atoms with van der Waals surface area (Å²) in [5.74, 6) is -0.642. The molecule has 0 aromatic carbocycles. The van der Waals surface area contributed by atoms with Crippen LogP contribution in [0.4, 0.5) is 0 Å². The minimum Gasteiger partial charge on any atom is -0.274 e. The van der Waals surface area contributed by atoms with E-state index in [0.29, 0.717) is 0 Å². The van der Waals surface area contributed by atoms with E-state index in [1.165, 1.54) is 12.2 Å². The topological polar surface area (TPSA) is 63.2 Å². The van der Waals surface area contributed by atoms with Gasteiger partial charge in [0.2, 0.25) is 5.91 Å². The van der Waals surface area contributed by atoms with Gasteiger partial charge in [-0.15, -0.1) is 0 Å². The van der Waals surface area contributed by atoms with E-state index in [4.69, 9.17) is 0 Å². The van der Waals surface area contributed by atoms with Gasteiger partial charge in [0, 0.05) is 6.92 Å². The maximum Gasteiger partial charge on any atom is 0.264 e. The van der Waals surface area contributed by atoms with Crippen LogP contribution in [0.3, 0.4) is 0 Å². The molecule has 0 atom stereocenters. The average Bonchev–Trinajstić information content (AvgIpc) is 1.97. The van der Waals surface area contributed by atoms with Gasteiger partial charge in [0.05, 0.1) is 4.91 Å². The van der Waals surface area contributed by atoms with Crippen molar-refractivity contribution in [1.29, 1.82) is 0 Å². The zero-order valence-corrected chi connectivity index (χ0v) is 8.10. The zero-order chi connectivity index (χ0) is 10.5. The maximum atomic E-state index is 11.2. The first-order valence-electron chi connectivity index (χ1n) is 3.42. The standard InChI is InChI=1S/C8H11NO3S/c1-4-6-8(5-2)13(11,12)9-7(3)10/h4-6H,1-2H2,3H3,(H,9,10)/b8-6+. The Balaban J connectivity index is 5.01. The second-order valence-corrected chi connectivity index (χ2v) is 3.85. The number of amides is 1. The van der Waals surface area contributed by atoms with Crippen LogP contribution in [0.25, 0.3) is 0 Å². The fourth-order valence-electron chi connectivity index (χ4n) is 0.632. The van der Waals surface area contributed by atoms with Crippen molar-refractivity contribution in [3.63, 3.8) is 0 Å². The third-order valence-electron chi connectivity index (χ3n) is 1.07. The van der Waals surface area contributed by atoms with E-state index in [1.54, 1.807) is 4.72 Å². The molecule has 0 rings (SSSR count). The average molecular weight is 201 g/mol. The Morgan fingerprint density at radius 2 is 1.92 bits per heavy atom. The van der Waals surface area contributed by atoms with E-state index in [0.717, 1.165) is 13.0 Å². The molecule has 0 radical (unpaired) electrons. The lowest BCUT2D eigenvalue weighted by Gasteiger charge is -2.03. The van der Waals surface area contributed by atoms with Crippen LogP contribution in [0, 0.1) is 0 Å². The van der Waals surface area contributed by atoms with Crippen LogP contribution < -0.4 is 4.72 Å². The van der Waals surface area contributed by atoms with Crippen LogP contribution in [0.5, 0.6) is 0 Å². The summed E-state index contributed by atoms with van der Waals surface area (Å²) in [4.78, 5) is 10.4. The minimum atomic E-state index is -3.76. The SMILES string of the molecule is C=C/C=C(\C=C)S(=O)(=O)NC(C)=O. The van der Waals surface area contributed by atoms with Crippen molar-refractivity contribution in [1.82, 2.24) is 4.72 Å². The van der Waals surface area contributed by atoms with Gasteiger partial charge < -0.3 is 0 Å². The lowest BCUT2D eigenvalue weighted by atomic mass is 10.5. The van der Waals surface area contributed by atoms with Gasteiger partial charge in [-0.1, -0.05) is 19.2 Å². The quantitative estimate of drug-likeness (QED) is 0.681. The summed E-state index contributed by atoms with van der Waals surface area (Å²) in [6.45, 7) is 7.76. The predicted octanol–water partition coefficient (Wildman–Crippen LogP) is 0.708. The molecule has 0 aliphatic heterocycles. The Morgan fingerprint density at radius 3 is 2.23 bits per heavy atom. The molecule has 0 bridgehead atoms. The Hall–Kier alpha value is -1.36. The zero-order valence-electron chi connectivity index (χ0n) is 7.28. The van der Waals surface area contributed by atoms with Crippen LogP contribution in [-0.4, -0.2) is 14.3 Å². The molecular weight excluding hydrogens is 190 g/mol.